The van der Waals surface area contributed by atoms with E-state index < -0.39 is 0 Å². The van der Waals surface area contributed by atoms with Gasteiger partial charge in [-0.1, -0.05) is 70.2 Å². The number of ketones is 2. The monoisotopic (exact) mass is 427 g/mol. The molecule has 1 aliphatic heterocycles. The van der Waals surface area contributed by atoms with Gasteiger partial charge in [-0.25, -0.2) is 0 Å². The first-order valence-corrected chi connectivity index (χ1v) is 11.9. The third-order valence-corrected chi connectivity index (χ3v) is 7.47. The molecule has 0 bridgehead atoms. The molecule has 2 aromatic rings. The summed E-state index contributed by atoms with van der Waals surface area (Å²) < 4.78 is 0. The van der Waals surface area contributed by atoms with Crippen molar-refractivity contribution in [1.82, 2.24) is 4.90 Å². The van der Waals surface area contributed by atoms with Crippen LogP contribution in [-0.4, -0.2) is 23.0 Å². The van der Waals surface area contributed by atoms with Crippen LogP contribution in [0.3, 0.4) is 0 Å². The van der Waals surface area contributed by atoms with Gasteiger partial charge < -0.3 is 4.90 Å². The second-order valence-corrected chi connectivity index (χ2v) is 11.3. The topological polar surface area (TPSA) is 37.4 Å². The van der Waals surface area contributed by atoms with Gasteiger partial charge in [-0.05, 0) is 46.9 Å². The van der Waals surface area contributed by atoms with E-state index in [9.17, 15) is 9.59 Å². The number of fused-ring (bicyclic) bond motifs is 1. The highest BCUT2D eigenvalue weighted by atomic mass is 16.1. The van der Waals surface area contributed by atoms with Crippen LogP contribution in [0.15, 0.2) is 65.0 Å². The quantitative estimate of drug-likeness (QED) is 0.546. The third kappa shape index (κ3) is 3.25. The molecule has 1 heterocycles. The van der Waals surface area contributed by atoms with E-state index in [4.69, 9.17) is 0 Å². The van der Waals surface area contributed by atoms with Gasteiger partial charge in [0.25, 0.3) is 0 Å². The second-order valence-electron chi connectivity index (χ2n) is 11.3. The fourth-order valence-corrected chi connectivity index (χ4v) is 6.24. The number of allylic oxidation sites excluding steroid dienone is 4. The molecule has 5 rings (SSSR count). The molecule has 0 fully saturated rings. The summed E-state index contributed by atoms with van der Waals surface area (Å²) in [6.07, 6.45) is 2.81. The lowest BCUT2D eigenvalue weighted by Crippen LogP contribution is -2.44. The largest absolute Gasteiger partial charge is 0.348 e. The smallest absolute Gasteiger partial charge is 0.162 e. The normalized spacial score (nSPS) is 23.0. The molecule has 0 unspecified atom stereocenters. The number of Topliss-reactive ketones (excluding diaryl/α,β-unsaturated/α-hetero) is 2. The minimum absolute atomic E-state index is 0.0705. The van der Waals surface area contributed by atoms with Gasteiger partial charge in [0.1, 0.15) is 0 Å². The Bertz CT molecular complexity index is 1150. The van der Waals surface area contributed by atoms with Crippen molar-refractivity contribution in [1.29, 1.82) is 0 Å². The van der Waals surface area contributed by atoms with E-state index in [0.29, 0.717) is 12.8 Å². The maximum atomic E-state index is 13.7. The summed E-state index contributed by atoms with van der Waals surface area (Å²) in [5.74, 6) is 0.148. The van der Waals surface area contributed by atoms with Crippen molar-refractivity contribution in [2.75, 3.05) is 6.54 Å². The zero-order valence-electron chi connectivity index (χ0n) is 19.9. The molecule has 0 amide bonds. The summed E-state index contributed by atoms with van der Waals surface area (Å²) in [6, 6.07) is 14.7. The number of carbonyl (C=O) groups excluding carboxylic acids is 2. The van der Waals surface area contributed by atoms with Gasteiger partial charge in [0.05, 0.1) is 0 Å². The van der Waals surface area contributed by atoms with Crippen LogP contribution in [0.1, 0.15) is 71.8 Å². The lowest BCUT2D eigenvalue weighted by atomic mass is 9.63. The molecule has 0 saturated carbocycles. The molecule has 32 heavy (non-hydrogen) atoms. The van der Waals surface area contributed by atoms with Gasteiger partial charge in [0, 0.05) is 47.8 Å². The average Bonchev–Trinajstić information content (AvgIpc) is 2.70. The maximum Gasteiger partial charge on any atom is 0.162 e. The van der Waals surface area contributed by atoms with Crippen LogP contribution in [0.25, 0.3) is 10.8 Å². The first kappa shape index (κ1) is 21.2. The Morgan fingerprint density at radius 3 is 1.88 bits per heavy atom. The van der Waals surface area contributed by atoms with Crippen molar-refractivity contribution in [3.05, 3.63) is 70.6 Å². The van der Waals surface area contributed by atoms with E-state index in [2.05, 4.69) is 75.9 Å². The lowest BCUT2D eigenvalue weighted by molar-refractivity contribution is -0.119. The van der Waals surface area contributed by atoms with Gasteiger partial charge in [0.2, 0.25) is 0 Å². The zero-order valence-corrected chi connectivity index (χ0v) is 19.9. The summed E-state index contributed by atoms with van der Waals surface area (Å²) in [5, 5.41) is 2.29. The molecule has 2 aliphatic carbocycles. The fraction of sp³-hybridized carbons (Fsp3) is 0.448. The Balaban J connectivity index is 1.84. The first-order valence-electron chi connectivity index (χ1n) is 11.9. The third-order valence-electron chi connectivity index (χ3n) is 7.47. The fourth-order valence-electron chi connectivity index (χ4n) is 6.24. The Morgan fingerprint density at radius 1 is 0.781 bits per heavy atom. The summed E-state index contributed by atoms with van der Waals surface area (Å²) in [4.78, 5) is 29.8. The summed E-state index contributed by atoms with van der Waals surface area (Å²) in [6.45, 7) is 11.7. The van der Waals surface area contributed by atoms with E-state index in [1.165, 1.54) is 0 Å². The Morgan fingerprint density at radius 2 is 1.31 bits per heavy atom. The van der Waals surface area contributed by atoms with E-state index in [1.54, 1.807) is 0 Å². The van der Waals surface area contributed by atoms with Crippen molar-refractivity contribution in [3.8, 4) is 0 Å². The van der Waals surface area contributed by atoms with E-state index in [-0.39, 0.29) is 28.3 Å². The molecule has 2 aromatic carbocycles. The summed E-state index contributed by atoms with van der Waals surface area (Å²) in [7, 11) is 0. The number of benzene rings is 2. The molecule has 0 spiro atoms. The number of hydrogen-bond acceptors (Lipinski definition) is 3. The molecule has 3 nitrogen and oxygen atoms in total. The molecule has 166 valence electrons. The Kier molecular flexibility index (Phi) is 4.74. The van der Waals surface area contributed by atoms with Crippen LogP contribution < -0.4 is 0 Å². The summed E-state index contributed by atoms with van der Waals surface area (Å²) >= 11 is 0. The molecule has 3 heteroatoms. The van der Waals surface area contributed by atoms with Gasteiger partial charge in [-0.2, -0.15) is 0 Å². The van der Waals surface area contributed by atoms with Crippen LogP contribution >= 0.6 is 0 Å². The van der Waals surface area contributed by atoms with Crippen LogP contribution in [0.4, 0.5) is 0 Å². The molecular formula is C29H33NO2. The van der Waals surface area contributed by atoms with Crippen LogP contribution in [0.5, 0.6) is 0 Å². The molecule has 0 atom stereocenters. The number of nitrogens with zero attached hydrogens (tertiary/aromatic N) is 1. The molecule has 0 N–H and O–H groups in total. The highest BCUT2D eigenvalue weighted by Crippen LogP contribution is 2.54. The highest BCUT2D eigenvalue weighted by molar-refractivity contribution is 6.08. The van der Waals surface area contributed by atoms with Crippen LogP contribution in [0.2, 0.25) is 0 Å². The maximum absolute atomic E-state index is 13.7. The van der Waals surface area contributed by atoms with Crippen LogP contribution in [0, 0.1) is 10.8 Å². The predicted molar refractivity (Wildman–Crippen MR) is 129 cm³/mol. The average molecular weight is 428 g/mol. The molecular weight excluding hydrogens is 394 g/mol. The van der Waals surface area contributed by atoms with Crippen molar-refractivity contribution in [2.45, 2.75) is 66.2 Å². The summed E-state index contributed by atoms with van der Waals surface area (Å²) in [5.41, 5.74) is 4.99. The SMILES string of the molecule is CCN1C2=C(C(=O)CC(C)(C)C2)C(c2cccc3ccccc23)C2=C1CC(C)(C)CC2=O. The number of rotatable bonds is 2. The van der Waals surface area contributed by atoms with Gasteiger partial charge in [0.15, 0.2) is 11.6 Å². The number of carbonyl (C=O) groups is 2. The minimum atomic E-state index is -0.263. The van der Waals surface area contributed by atoms with Gasteiger partial charge in [-0.3, -0.25) is 9.59 Å². The minimum Gasteiger partial charge on any atom is -0.348 e. The van der Waals surface area contributed by atoms with Crippen molar-refractivity contribution < 1.29 is 9.59 Å². The Hall–Kier alpha value is -2.68. The predicted octanol–water partition coefficient (Wildman–Crippen LogP) is 6.55. The lowest BCUT2D eigenvalue weighted by Gasteiger charge is -2.49. The highest BCUT2D eigenvalue weighted by Gasteiger charge is 2.48. The molecule has 0 aromatic heterocycles. The molecule has 0 radical (unpaired) electrons. The van der Waals surface area contributed by atoms with E-state index in [0.717, 1.165) is 58.3 Å². The van der Waals surface area contributed by atoms with E-state index in [1.807, 2.05) is 6.07 Å². The van der Waals surface area contributed by atoms with Crippen molar-refractivity contribution in [2.24, 2.45) is 10.8 Å². The van der Waals surface area contributed by atoms with Crippen molar-refractivity contribution >= 4 is 22.3 Å². The number of hydrogen-bond donors (Lipinski definition) is 0. The Labute approximate surface area is 191 Å². The molecule has 0 saturated heterocycles. The first-order chi connectivity index (χ1) is 15.1. The standard InChI is InChI=1S/C29H33NO2/c1-6-30-21-14-28(2,3)16-23(31)26(21)25(27-22(30)15-29(4,5)17-24(27)32)20-13-9-11-18-10-7-8-12-19(18)20/h7-13,25H,6,14-17H2,1-5H3. The zero-order chi connectivity index (χ0) is 22.8. The van der Waals surface area contributed by atoms with E-state index >= 15 is 0 Å². The van der Waals surface area contributed by atoms with Gasteiger partial charge >= 0.3 is 0 Å². The van der Waals surface area contributed by atoms with Gasteiger partial charge in [-0.15, -0.1) is 0 Å². The van der Waals surface area contributed by atoms with Crippen LogP contribution in [-0.2, 0) is 9.59 Å². The molecule has 3 aliphatic rings. The van der Waals surface area contributed by atoms with Crippen molar-refractivity contribution in [3.63, 3.8) is 0 Å². The second kappa shape index (κ2) is 7.16.